The topological polar surface area (TPSA) is 109 Å². The molecule has 8 heteroatoms. The van der Waals surface area contributed by atoms with Gasteiger partial charge < -0.3 is 15.4 Å². The Morgan fingerprint density at radius 2 is 1.76 bits per heavy atom. The van der Waals surface area contributed by atoms with Crippen molar-refractivity contribution in [3.63, 3.8) is 0 Å². The van der Waals surface area contributed by atoms with Crippen LogP contribution < -0.4 is 20.8 Å². The van der Waals surface area contributed by atoms with E-state index in [1.54, 1.807) is 24.3 Å². The number of nitrogens with one attached hydrogen (secondary N) is 3. The molecule has 0 spiro atoms. The summed E-state index contributed by atoms with van der Waals surface area (Å²) in [6, 6.07) is 14.3. The fourth-order valence-corrected chi connectivity index (χ4v) is 2.23. The number of para-hydroxylation sites is 1. The summed E-state index contributed by atoms with van der Waals surface area (Å²) in [5, 5.41) is 8.97. The van der Waals surface area contributed by atoms with E-state index < -0.39 is 11.8 Å². The maximum absolute atomic E-state index is 12.1. The Kier molecular flexibility index (Phi) is 8.37. The van der Waals surface area contributed by atoms with Gasteiger partial charge in [0.15, 0.2) is 6.61 Å². The summed E-state index contributed by atoms with van der Waals surface area (Å²) in [5.74, 6) is -1.49. The first-order valence-corrected chi connectivity index (χ1v) is 9.19. The van der Waals surface area contributed by atoms with Crippen LogP contribution in [0.1, 0.15) is 24.5 Å². The Balaban J connectivity index is 1.89. The molecule has 0 heterocycles. The lowest BCUT2D eigenvalue weighted by Gasteiger charge is -2.09. The van der Waals surface area contributed by atoms with Gasteiger partial charge in [0.1, 0.15) is 5.75 Å². The second kappa shape index (κ2) is 11.2. The van der Waals surface area contributed by atoms with Gasteiger partial charge in [-0.1, -0.05) is 36.8 Å². The smallest absolute Gasteiger partial charge is 0.329 e. The van der Waals surface area contributed by atoms with Gasteiger partial charge in [0.05, 0.1) is 6.21 Å². The molecule has 0 unspecified atom stereocenters. The zero-order chi connectivity index (χ0) is 21.1. The van der Waals surface area contributed by atoms with Crippen LogP contribution in [0.15, 0.2) is 53.6 Å². The summed E-state index contributed by atoms with van der Waals surface area (Å²) in [6.07, 6.45) is 2.07. The van der Waals surface area contributed by atoms with E-state index >= 15 is 0 Å². The minimum atomic E-state index is -0.856. The van der Waals surface area contributed by atoms with E-state index in [1.165, 1.54) is 6.21 Å². The number of carbonyl (C=O) groups excluding carboxylic acids is 3. The van der Waals surface area contributed by atoms with Crippen LogP contribution in [0.5, 0.6) is 5.75 Å². The molecule has 2 aromatic rings. The first-order chi connectivity index (χ1) is 14.0. The number of aryl methyl sites for hydroxylation is 1. The molecular formula is C21H24N4O4. The molecule has 0 saturated heterocycles. The van der Waals surface area contributed by atoms with E-state index in [4.69, 9.17) is 4.74 Å². The average molecular weight is 396 g/mol. The van der Waals surface area contributed by atoms with E-state index in [0.717, 1.165) is 12.0 Å². The van der Waals surface area contributed by atoms with Crippen LogP contribution in [0, 0.1) is 6.92 Å². The summed E-state index contributed by atoms with van der Waals surface area (Å²) < 4.78 is 5.56. The quantitative estimate of drug-likeness (QED) is 0.360. The Hall–Kier alpha value is -3.68. The number of carbonyl (C=O) groups is 3. The number of amides is 3. The molecule has 8 nitrogen and oxygen atoms in total. The predicted molar refractivity (Wildman–Crippen MR) is 111 cm³/mol. The molecule has 0 aliphatic heterocycles. The maximum atomic E-state index is 12.1. The summed E-state index contributed by atoms with van der Waals surface area (Å²) in [6.45, 7) is 4.07. The molecule has 3 N–H and O–H groups in total. The van der Waals surface area contributed by atoms with Crippen molar-refractivity contribution in [2.75, 3.05) is 18.5 Å². The molecule has 0 aliphatic rings. The monoisotopic (exact) mass is 396 g/mol. The van der Waals surface area contributed by atoms with Gasteiger partial charge in [0, 0.05) is 17.8 Å². The van der Waals surface area contributed by atoms with E-state index in [0.29, 0.717) is 23.5 Å². The van der Waals surface area contributed by atoms with E-state index in [1.807, 2.05) is 38.1 Å². The van der Waals surface area contributed by atoms with Gasteiger partial charge in [0.25, 0.3) is 5.91 Å². The lowest BCUT2D eigenvalue weighted by atomic mass is 10.2. The van der Waals surface area contributed by atoms with E-state index in [2.05, 4.69) is 21.2 Å². The highest BCUT2D eigenvalue weighted by Crippen LogP contribution is 2.16. The Bertz CT molecular complexity index is 879. The third-order valence-corrected chi connectivity index (χ3v) is 3.72. The number of nitrogens with zero attached hydrogens (tertiary/aromatic N) is 1. The highest BCUT2D eigenvalue weighted by Gasteiger charge is 2.11. The lowest BCUT2D eigenvalue weighted by molar-refractivity contribution is -0.139. The first kappa shape index (κ1) is 21.6. The Morgan fingerprint density at radius 3 is 2.48 bits per heavy atom. The zero-order valence-electron chi connectivity index (χ0n) is 16.4. The van der Waals surface area contributed by atoms with Crippen molar-refractivity contribution in [1.29, 1.82) is 0 Å². The van der Waals surface area contributed by atoms with Crippen molar-refractivity contribution in [2.24, 2.45) is 5.10 Å². The van der Waals surface area contributed by atoms with Crippen molar-refractivity contribution >= 4 is 29.6 Å². The largest absolute Gasteiger partial charge is 0.483 e. The summed E-state index contributed by atoms with van der Waals surface area (Å²) in [5.41, 5.74) is 4.48. The number of hydrogen-bond donors (Lipinski definition) is 3. The molecule has 2 aromatic carbocycles. The van der Waals surface area contributed by atoms with Gasteiger partial charge in [-0.15, -0.1) is 0 Å². The minimum Gasteiger partial charge on any atom is -0.483 e. The molecule has 0 atom stereocenters. The molecule has 0 aromatic heterocycles. The van der Waals surface area contributed by atoms with Gasteiger partial charge in [-0.25, -0.2) is 5.43 Å². The van der Waals surface area contributed by atoms with Crippen LogP contribution in [0.4, 0.5) is 5.69 Å². The lowest BCUT2D eigenvalue weighted by Crippen LogP contribution is -2.38. The Morgan fingerprint density at radius 1 is 1.03 bits per heavy atom. The number of hydrazone groups is 1. The molecule has 0 radical (unpaired) electrons. The van der Waals surface area contributed by atoms with Crippen molar-refractivity contribution in [1.82, 2.24) is 10.7 Å². The first-order valence-electron chi connectivity index (χ1n) is 9.19. The minimum absolute atomic E-state index is 0.190. The maximum Gasteiger partial charge on any atom is 0.329 e. The van der Waals surface area contributed by atoms with Crippen LogP contribution in [0.2, 0.25) is 0 Å². The number of anilines is 1. The number of ether oxygens (including phenoxy) is 1. The van der Waals surface area contributed by atoms with Gasteiger partial charge in [-0.05, 0) is 37.6 Å². The molecule has 0 aliphatic carbocycles. The summed E-state index contributed by atoms with van der Waals surface area (Å²) in [4.78, 5) is 35.2. The van der Waals surface area contributed by atoms with Crippen LogP contribution in [-0.2, 0) is 14.4 Å². The fraction of sp³-hybridized carbons (Fsp3) is 0.238. The molecule has 29 heavy (non-hydrogen) atoms. The number of benzene rings is 2. The Labute approximate surface area is 169 Å². The van der Waals surface area contributed by atoms with E-state index in [9.17, 15) is 14.4 Å². The van der Waals surface area contributed by atoms with Gasteiger partial charge >= 0.3 is 11.8 Å². The standard InChI is InChI=1S/C21H24N4O4/c1-3-12-22-20(27)21(28)25-23-13-16-6-4-5-7-18(16)29-14-19(26)24-17-10-8-15(2)9-11-17/h4-11,13H,3,12,14H2,1-2H3,(H,22,27)(H,24,26)(H,25,28)/b23-13-. The number of rotatable bonds is 8. The number of hydrogen-bond acceptors (Lipinski definition) is 5. The van der Waals surface area contributed by atoms with E-state index in [-0.39, 0.29) is 12.5 Å². The second-order valence-corrected chi connectivity index (χ2v) is 6.20. The van der Waals surface area contributed by atoms with Crippen molar-refractivity contribution < 1.29 is 19.1 Å². The summed E-state index contributed by atoms with van der Waals surface area (Å²) >= 11 is 0. The molecular weight excluding hydrogens is 372 g/mol. The third kappa shape index (κ3) is 7.45. The fourth-order valence-electron chi connectivity index (χ4n) is 2.23. The van der Waals surface area contributed by atoms with Gasteiger partial charge in [-0.2, -0.15) is 5.10 Å². The van der Waals surface area contributed by atoms with Crippen LogP contribution >= 0.6 is 0 Å². The molecule has 0 fully saturated rings. The van der Waals surface area contributed by atoms with Crippen LogP contribution in [0.3, 0.4) is 0 Å². The summed E-state index contributed by atoms with van der Waals surface area (Å²) in [7, 11) is 0. The molecule has 2 rings (SSSR count). The van der Waals surface area contributed by atoms with Gasteiger partial charge in [0.2, 0.25) is 0 Å². The highest BCUT2D eigenvalue weighted by molar-refractivity contribution is 6.35. The second-order valence-electron chi connectivity index (χ2n) is 6.20. The predicted octanol–water partition coefficient (Wildman–Crippen LogP) is 1.99. The highest BCUT2D eigenvalue weighted by atomic mass is 16.5. The normalized spacial score (nSPS) is 10.4. The van der Waals surface area contributed by atoms with Crippen molar-refractivity contribution in [3.8, 4) is 5.75 Å². The van der Waals surface area contributed by atoms with Crippen molar-refractivity contribution in [3.05, 3.63) is 59.7 Å². The molecule has 0 bridgehead atoms. The SMILES string of the molecule is CCCNC(=O)C(=O)N/N=C\c1ccccc1OCC(=O)Nc1ccc(C)cc1. The zero-order valence-corrected chi connectivity index (χ0v) is 16.4. The molecule has 3 amide bonds. The molecule has 0 saturated carbocycles. The van der Waals surface area contributed by atoms with Crippen LogP contribution in [-0.4, -0.2) is 37.1 Å². The van der Waals surface area contributed by atoms with Crippen LogP contribution in [0.25, 0.3) is 0 Å². The third-order valence-electron chi connectivity index (χ3n) is 3.72. The van der Waals surface area contributed by atoms with Gasteiger partial charge in [-0.3, -0.25) is 14.4 Å². The molecule has 152 valence electrons. The van der Waals surface area contributed by atoms with Crippen molar-refractivity contribution in [2.45, 2.75) is 20.3 Å². The average Bonchev–Trinajstić information content (AvgIpc) is 2.72.